The van der Waals surface area contributed by atoms with Gasteiger partial charge < -0.3 is 45.2 Å². The first-order chi connectivity index (χ1) is 25.2. The third-order valence-electron chi connectivity index (χ3n) is 6.69. The van der Waals surface area contributed by atoms with Gasteiger partial charge in [0.2, 0.25) is 0 Å². The summed E-state index contributed by atoms with van der Waals surface area (Å²) in [6.45, 7) is 3.69. The minimum atomic E-state index is -1.15. The van der Waals surface area contributed by atoms with Crippen molar-refractivity contribution < 1.29 is 88.4 Å². The Bertz CT molecular complexity index is 1810. The maximum absolute atomic E-state index is 11.0. The van der Waals surface area contributed by atoms with Crippen LogP contribution < -0.4 is 0 Å². The van der Waals surface area contributed by atoms with Crippen molar-refractivity contribution in [2.75, 3.05) is 13.2 Å². The number of carboxylic acids is 5. The Labute approximate surface area is 305 Å². The van der Waals surface area contributed by atoms with E-state index in [1.807, 2.05) is 0 Å². The zero-order valence-corrected chi connectivity index (χ0v) is 28.7. The lowest BCUT2D eigenvalue weighted by molar-refractivity contribution is -0.139. The highest BCUT2D eigenvalue weighted by Crippen LogP contribution is 2.21. The number of hydrogen-bond donors (Lipinski definition) is 7. The summed E-state index contributed by atoms with van der Waals surface area (Å²) in [5, 5.41) is 58.8. The van der Waals surface area contributed by atoms with E-state index >= 15 is 0 Å². The molecular formula is C36H36O18. The quantitative estimate of drug-likeness (QED) is 0.0884. The van der Waals surface area contributed by atoms with Gasteiger partial charge in [0.15, 0.2) is 0 Å². The molecule has 54 heavy (non-hydrogen) atoms. The molecule has 0 radical (unpaired) electrons. The van der Waals surface area contributed by atoms with E-state index in [4.69, 9.17) is 35.7 Å². The van der Waals surface area contributed by atoms with E-state index in [9.17, 15) is 43.2 Å². The SMILES string of the molecule is CC(C)(CO)CO.O=C(O)CCCCC(=O)O.O=C(O)c1ccc2c(c1)C(=O)OC2=O.O=C(O)c1cccc(C(=O)O)c1.O=C1OC(=O)c2ccccc21. The standard InChI is InChI=1S/C9H4O5.C8H6O4.C8H4O3.C6H10O4.C5H12O2/c10-7(11)4-1-2-5-6(3-4)9(13)14-8(5)12;9-7(10)5-2-1-3-6(4-5)8(11)12;9-7-5-3-1-2-4-6(5)8(10)11-7;7-5(8)3-1-2-4-6(9)10;1-5(2,3-6)4-7/h1-3H,(H,10,11);1-4H,(H,9,10)(H,11,12);1-4H;1-4H2,(H,7,8)(H,9,10);6-7H,3-4H2,1-2H3. The van der Waals surface area contributed by atoms with Gasteiger partial charge in [-0.3, -0.25) is 9.59 Å². The van der Waals surface area contributed by atoms with Crippen LogP contribution in [-0.4, -0.2) is 103 Å². The Hall–Kier alpha value is -6.79. The molecule has 3 aromatic carbocycles. The second-order valence-electron chi connectivity index (χ2n) is 11.6. The molecule has 18 nitrogen and oxygen atoms in total. The van der Waals surface area contributed by atoms with Crippen molar-refractivity contribution in [3.63, 3.8) is 0 Å². The zero-order valence-electron chi connectivity index (χ0n) is 28.7. The lowest BCUT2D eigenvalue weighted by Gasteiger charge is -2.16. The number of aliphatic hydroxyl groups excluding tert-OH is 2. The van der Waals surface area contributed by atoms with Gasteiger partial charge in [0.05, 0.1) is 52.2 Å². The van der Waals surface area contributed by atoms with Crippen molar-refractivity contribution in [3.05, 3.63) is 106 Å². The highest BCUT2D eigenvalue weighted by molar-refractivity contribution is 6.15. The number of aliphatic carboxylic acids is 2. The van der Waals surface area contributed by atoms with Crippen LogP contribution in [0.3, 0.4) is 0 Å². The van der Waals surface area contributed by atoms with Crippen molar-refractivity contribution in [1.29, 1.82) is 0 Å². The van der Waals surface area contributed by atoms with Gasteiger partial charge in [-0.05, 0) is 61.4 Å². The maximum atomic E-state index is 11.0. The summed E-state index contributed by atoms with van der Waals surface area (Å²) in [5.41, 5.74) is 0.449. The zero-order chi connectivity index (χ0) is 41.2. The van der Waals surface area contributed by atoms with E-state index in [0.717, 1.165) is 12.1 Å². The maximum Gasteiger partial charge on any atom is 0.346 e. The number of cyclic esters (lactones) is 4. The number of fused-ring (bicyclic) bond motifs is 2. The minimum Gasteiger partial charge on any atom is -0.481 e. The van der Waals surface area contributed by atoms with E-state index in [0.29, 0.717) is 24.0 Å². The Morgan fingerprint density at radius 2 is 0.852 bits per heavy atom. The number of carbonyl (C=O) groups excluding carboxylic acids is 4. The summed E-state index contributed by atoms with van der Waals surface area (Å²) in [7, 11) is 0. The molecule has 0 atom stereocenters. The monoisotopic (exact) mass is 756 g/mol. The number of carbonyl (C=O) groups is 9. The molecule has 0 aromatic heterocycles. The number of carboxylic acid groups (broad SMARTS) is 5. The highest BCUT2D eigenvalue weighted by atomic mass is 16.6. The number of esters is 4. The van der Waals surface area contributed by atoms with Crippen LogP contribution in [0.4, 0.5) is 0 Å². The van der Waals surface area contributed by atoms with Gasteiger partial charge in [0.25, 0.3) is 0 Å². The summed E-state index contributed by atoms with van der Waals surface area (Å²) in [6, 6.07) is 15.4. The minimum absolute atomic E-state index is 0.00917. The molecule has 288 valence electrons. The third-order valence-corrected chi connectivity index (χ3v) is 6.69. The fourth-order valence-corrected chi connectivity index (χ4v) is 3.64. The molecule has 7 N–H and O–H groups in total. The van der Waals surface area contributed by atoms with Crippen LogP contribution >= 0.6 is 0 Å². The van der Waals surface area contributed by atoms with Gasteiger partial charge in [0.1, 0.15) is 0 Å². The number of benzene rings is 3. The van der Waals surface area contributed by atoms with E-state index in [1.54, 1.807) is 38.1 Å². The summed E-state index contributed by atoms with van der Waals surface area (Å²) in [4.78, 5) is 94.8. The summed E-state index contributed by atoms with van der Waals surface area (Å²) < 4.78 is 8.65. The number of ether oxygens (including phenoxy) is 2. The van der Waals surface area contributed by atoms with Crippen molar-refractivity contribution in [2.24, 2.45) is 5.41 Å². The fraction of sp³-hybridized carbons (Fsp3) is 0.250. The first-order valence-corrected chi connectivity index (χ1v) is 15.5. The Kier molecular flexibility index (Phi) is 18.0. The molecule has 0 saturated heterocycles. The summed E-state index contributed by atoms with van der Waals surface area (Å²) >= 11 is 0. The number of aromatic carboxylic acids is 3. The van der Waals surface area contributed by atoms with E-state index in [-0.39, 0.29) is 59.3 Å². The van der Waals surface area contributed by atoms with Crippen LogP contribution in [0, 0.1) is 5.41 Å². The predicted molar refractivity (Wildman–Crippen MR) is 181 cm³/mol. The average Bonchev–Trinajstić information content (AvgIpc) is 3.59. The van der Waals surface area contributed by atoms with Crippen LogP contribution in [0.1, 0.15) is 112 Å². The van der Waals surface area contributed by atoms with Crippen LogP contribution in [-0.2, 0) is 19.1 Å². The number of rotatable bonds is 10. The molecule has 0 fully saturated rings. The number of aliphatic hydroxyl groups is 2. The van der Waals surface area contributed by atoms with E-state index in [2.05, 4.69) is 9.47 Å². The largest absolute Gasteiger partial charge is 0.481 e. The smallest absolute Gasteiger partial charge is 0.346 e. The molecule has 0 bridgehead atoms. The van der Waals surface area contributed by atoms with E-state index in [1.165, 1.54) is 30.3 Å². The van der Waals surface area contributed by atoms with E-state index < -0.39 is 53.7 Å². The third kappa shape index (κ3) is 15.2. The molecule has 5 rings (SSSR count). The van der Waals surface area contributed by atoms with Crippen molar-refractivity contribution in [3.8, 4) is 0 Å². The molecule has 2 heterocycles. The molecule has 18 heteroatoms. The van der Waals surface area contributed by atoms with Crippen molar-refractivity contribution in [1.82, 2.24) is 0 Å². The first-order valence-electron chi connectivity index (χ1n) is 15.5. The topological polar surface area (TPSA) is 314 Å². The number of hydrogen-bond acceptors (Lipinski definition) is 13. The molecule has 2 aliphatic rings. The van der Waals surface area contributed by atoms with Crippen molar-refractivity contribution >= 4 is 53.7 Å². The van der Waals surface area contributed by atoms with Gasteiger partial charge in [0, 0.05) is 18.3 Å². The van der Waals surface area contributed by atoms with Crippen LogP contribution in [0.2, 0.25) is 0 Å². The molecule has 2 aliphatic heterocycles. The second kappa shape index (κ2) is 21.5. The Morgan fingerprint density at radius 1 is 0.500 bits per heavy atom. The van der Waals surface area contributed by atoms with Crippen LogP contribution in [0.15, 0.2) is 66.7 Å². The number of unbranched alkanes of at least 4 members (excludes halogenated alkanes) is 1. The van der Waals surface area contributed by atoms with Crippen LogP contribution in [0.5, 0.6) is 0 Å². The lowest BCUT2D eigenvalue weighted by atomic mass is 9.97. The van der Waals surface area contributed by atoms with Gasteiger partial charge >= 0.3 is 53.7 Å². The molecular weight excluding hydrogens is 720 g/mol. The normalized spacial score (nSPS) is 11.9. The van der Waals surface area contributed by atoms with Gasteiger partial charge in [-0.25, -0.2) is 33.6 Å². The van der Waals surface area contributed by atoms with Crippen LogP contribution in [0.25, 0.3) is 0 Å². The predicted octanol–water partition coefficient (Wildman–Crippen LogP) is 3.49. The van der Waals surface area contributed by atoms with Crippen molar-refractivity contribution in [2.45, 2.75) is 39.5 Å². The fourth-order valence-electron chi connectivity index (χ4n) is 3.64. The molecule has 0 spiro atoms. The highest BCUT2D eigenvalue weighted by Gasteiger charge is 2.30. The summed E-state index contributed by atoms with van der Waals surface area (Å²) in [5.74, 6) is -7.78. The second-order valence-corrected chi connectivity index (χ2v) is 11.6. The molecule has 0 unspecified atom stereocenters. The van der Waals surface area contributed by atoms with Gasteiger partial charge in [-0.1, -0.05) is 32.0 Å². The first kappa shape index (κ1) is 45.2. The molecule has 3 aromatic rings. The Morgan fingerprint density at radius 3 is 1.19 bits per heavy atom. The Balaban J connectivity index is 0.000000343. The average molecular weight is 757 g/mol. The van der Waals surface area contributed by atoms with Gasteiger partial charge in [-0.15, -0.1) is 0 Å². The molecule has 0 aliphatic carbocycles. The van der Waals surface area contributed by atoms with Gasteiger partial charge in [-0.2, -0.15) is 0 Å². The summed E-state index contributed by atoms with van der Waals surface area (Å²) in [6.07, 6.45) is 1.02. The lowest BCUT2D eigenvalue weighted by Crippen LogP contribution is -2.20. The molecule has 0 amide bonds. The molecule has 0 saturated carbocycles.